The second-order valence-corrected chi connectivity index (χ2v) is 5.60. The van der Waals surface area contributed by atoms with Crippen LogP contribution < -0.4 is 0 Å². The summed E-state index contributed by atoms with van der Waals surface area (Å²) in [7, 11) is 0. The van der Waals surface area contributed by atoms with Crippen molar-refractivity contribution in [3.8, 4) is 0 Å². The van der Waals surface area contributed by atoms with Crippen LogP contribution in [-0.2, 0) is 11.2 Å². The number of fused-ring (bicyclic) bond motifs is 1. The minimum Gasteiger partial charge on any atom is -0.303 e. The molecule has 0 N–H and O–H groups in total. The van der Waals surface area contributed by atoms with Gasteiger partial charge in [-0.25, -0.2) is 0 Å². The molecule has 86 valence electrons. The van der Waals surface area contributed by atoms with E-state index >= 15 is 0 Å². The van der Waals surface area contributed by atoms with E-state index in [1.54, 1.807) is 0 Å². The van der Waals surface area contributed by atoms with Crippen LogP contribution in [0.3, 0.4) is 0 Å². The molecular formula is C14H17ClO. The Bertz CT molecular complexity index is 409. The first-order valence-electron chi connectivity index (χ1n) is 5.80. The summed E-state index contributed by atoms with van der Waals surface area (Å²) in [6, 6.07) is 6.05. The Morgan fingerprint density at radius 3 is 2.88 bits per heavy atom. The quantitative estimate of drug-likeness (QED) is 0.710. The molecule has 0 fully saturated rings. The smallest absolute Gasteiger partial charge is 0.126 e. The lowest BCUT2D eigenvalue weighted by atomic mass is 9.69. The number of benzene rings is 1. The first-order valence-corrected chi connectivity index (χ1v) is 6.17. The second kappa shape index (κ2) is 4.21. The molecule has 0 saturated carbocycles. The fourth-order valence-corrected chi connectivity index (χ4v) is 2.94. The molecule has 1 unspecified atom stereocenters. The van der Waals surface area contributed by atoms with E-state index in [4.69, 9.17) is 11.6 Å². The van der Waals surface area contributed by atoms with E-state index in [1.807, 2.05) is 26.0 Å². The van der Waals surface area contributed by atoms with Gasteiger partial charge in [-0.3, -0.25) is 0 Å². The van der Waals surface area contributed by atoms with Crippen molar-refractivity contribution in [2.45, 2.75) is 39.0 Å². The molecular weight excluding hydrogens is 220 g/mol. The summed E-state index contributed by atoms with van der Waals surface area (Å²) in [5.74, 6) is 0.312. The number of carbonyl (C=O) groups excluding carboxylic acids is 1. The number of rotatable bonds is 2. The molecule has 1 aromatic carbocycles. The molecule has 0 aliphatic heterocycles. The number of carbonyl (C=O) groups is 1. The molecule has 0 spiro atoms. The third-order valence-corrected chi connectivity index (χ3v) is 4.01. The maximum atomic E-state index is 11.2. The molecule has 0 heterocycles. The van der Waals surface area contributed by atoms with Crippen molar-refractivity contribution in [1.82, 2.24) is 0 Å². The predicted molar refractivity (Wildman–Crippen MR) is 67.0 cm³/mol. The summed E-state index contributed by atoms with van der Waals surface area (Å²) in [6.45, 7) is 4.03. The van der Waals surface area contributed by atoms with Gasteiger partial charge in [0.1, 0.15) is 6.29 Å². The third-order valence-electron chi connectivity index (χ3n) is 3.65. The van der Waals surface area contributed by atoms with Crippen LogP contribution in [0.2, 0.25) is 5.02 Å². The van der Waals surface area contributed by atoms with Crippen molar-refractivity contribution >= 4 is 17.9 Å². The average molecular weight is 237 g/mol. The van der Waals surface area contributed by atoms with Gasteiger partial charge in [-0.2, -0.15) is 0 Å². The number of aldehydes is 1. The number of hydrogen-bond acceptors (Lipinski definition) is 1. The molecule has 1 nitrogen and oxygen atoms in total. The molecule has 1 atom stereocenters. The van der Waals surface area contributed by atoms with E-state index in [0.29, 0.717) is 5.92 Å². The summed E-state index contributed by atoms with van der Waals surface area (Å²) in [6.07, 6.45) is 4.33. The van der Waals surface area contributed by atoms with E-state index < -0.39 is 0 Å². The summed E-state index contributed by atoms with van der Waals surface area (Å²) in [5, 5.41) is 0.851. The van der Waals surface area contributed by atoms with Crippen LogP contribution in [0.15, 0.2) is 18.2 Å². The average Bonchev–Trinajstić information content (AvgIpc) is 2.29. The van der Waals surface area contributed by atoms with Crippen molar-refractivity contribution in [1.29, 1.82) is 0 Å². The molecule has 0 bridgehead atoms. The van der Waals surface area contributed by atoms with Crippen LogP contribution in [0.25, 0.3) is 0 Å². The molecule has 0 radical (unpaired) electrons. The van der Waals surface area contributed by atoms with Gasteiger partial charge >= 0.3 is 0 Å². The van der Waals surface area contributed by atoms with Gasteiger partial charge in [0.25, 0.3) is 0 Å². The fraction of sp³-hybridized carbons (Fsp3) is 0.500. The Morgan fingerprint density at radius 2 is 2.19 bits per heavy atom. The number of halogens is 1. The second-order valence-electron chi connectivity index (χ2n) is 5.19. The van der Waals surface area contributed by atoms with Gasteiger partial charge in [0.2, 0.25) is 0 Å². The molecule has 2 heteroatoms. The Labute approximate surface area is 102 Å². The Balaban J connectivity index is 2.48. The monoisotopic (exact) mass is 236 g/mol. The van der Waals surface area contributed by atoms with Gasteiger partial charge < -0.3 is 4.79 Å². The largest absolute Gasteiger partial charge is 0.303 e. The highest BCUT2D eigenvalue weighted by molar-refractivity contribution is 6.31. The van der Waals surface area contributed by atoms with Crippen molar-refractivity contribution in [2.24, 2.45) is 5.41 Å². The summed E-state index contributed by atoms with van der Waals surface area (Å²) >= 11 is 6.21. The topological polar surface area (TPSA) is 17.1 Å². The van der Waals surface area contributed by atoms with Gasteiger partial charge in [-0.1, -0.05) is 37.6 Å². The lowest BCUT2D eigenvalue weighted by Crippen LogP contribution is -2.27. The zero-order valence-corrected chi connectivity index (χ0v) is 10.6. The maximum Gasteiger partial charge on any atom is 0.126 e. The Morgan fingerprint density at radius 1 is 1.44 bits per heavy atom. The van der Waals surface area contributed by atoms with E-state index in [1.165, 1.54) is 11.1 Å². The van der Waals surface area contributed by atoms with Gasteiger partial charge in [-0.05, 0) is 42.4 Å². The summed E-state index contributed by atoms with van der Waals surface area (Å²) in [5.41, 5.74) is 2.23. The summed E-state index contributed by atoms with van der Waals surface area (Å²) in [4.78, 5) is 11.2. The molecule has 2 rings (SSSR count). The van der Waals surface area contributed by atoms with E-state index in [2.05, 4.69) is 6.07 Å². The fourth-order valence-electron chi connectivity index (χ4n) is 2.66. The molecule has 1 aromatic rings. The maximum absolute atomic E-state index is 11.2. The van der Waals surface area contributed by atoms with Gasteiger partial charge in [-0.15, -0.1) is 0 Å². The van der Waals surface area contributed by atoms with E-state index in [-0.39, 0.29) is 5.41 Å². The predicted octanol–water partition coefficient (Wildman–Crippen LogP) is 3.99. The van der Waals surface area contributed by atoms with Crippen LogP contribution in [0.5, 0.6) is 0 Å². The molecule has 0 saturated heterocycles. The normalized spacial score (nSPS) is 20.3. The van der Waals surface area contributed by atoms with E-state index in [0.717, 1.165) is 30.6 Å². The lowest BCUT2D eigenvalue weighted by Gasteiger charge is -2.35. The zero-order valence-electron chi connectivity index (χ0n) is 9.79. The van der Waals surface area contributed by atoms with Crippen molar-refractivity contribution in [3.63, 3.8) is 0 Å². The van der Waals surface area contributed by atoms with Crippen molar-refractivity contribution in [3.05, 3.63) is 34.3 Å². The highest BCUT2D eigenvalue weighted by Gasteiger charge is 2.34. The standard InChI is InChI=1S/C14H17ClO/c1-14(2,9-16)12-7-3-6-11-10(12)5-4-8-13(11)15/h4-5,8-9,12H,3,6-7H2,1-2H3. The molecule has 0 amide bonds. The van der Waals surface area contributed by atoms with E-state index in [9.17, 15) is 4.79 Å². The Hall–Kier alpha value is -0.820. The SMILES string of the molecule is CC(C)(C=O)C1CCCc2c(Cl)cccc21. The van der Waals surface area contributed by atoms with Crippen molar-refractivity contribution in [2.75, 3.05) is 0 Å². The van der Waals surface area contributed by atoms with Gasteiger partial charge in [0.15, 0.2) is 0 Å². The first-order chi connectivity index (χ1) is 7.56. The van der Waals surface area contributed by atoms with Gasteiger partial charge in [0.05, 0.1) is 0 Å². The zero-order chi connectivity index (χ0) is 11.8. The first kappa shape index (κ1) is 11.7. The molecule has 0 aromatic heterocycles. The van der Waals surface area contributed by atoms with Crippen LogP contribution in [0, 0.1) is 5.41 Å². The molecule has 16 heavy (non-hydrogen) atoms. The van der Waals surface area contributed by atoms with Crippen molar-refractivity contribution < 1.29 is 4.79 Å². The van der Waals surface area contributed by atoms with Gasteiger partial charge in [0, 0.05) is 10.4 Å². The summed E-state index contributed by atoms with van der Waals surface area (Å²) < 4.78 is 0. The van der Waals surface area contributed by atoms with Crippen LogP contribution in [0.4, 0.5) is 0 Å². The lowest BCUT2D eigenvalue weighted by molar-refractivity contribution is -0.115. The minimum absolute atomic E-state index is 0.292. The van der Waals surface area contributed by atoms with Crippen LogP contribution >= 0.6 is 11.6 Å². The highest BCUT2D eigenvalue weighted by Crippen LogP contribution is 2.44. The molecule has 1 aliphatic carbocycles. The Kier molecular flexibility index (Phi) is 3.07. The number of hydrogen-bond donors (Lipinski definition) is 0. The minimum atomic E-state index is -0.292. The van der Waals surface area contributed by atoms with Crippen LogP contribution in [-0.4, -0.2) is 6.29 Å². The third kappa shape index (κ3) is 1.89. The molecule has 1 aliphatic rings. The highest BCUT2D eigenvalue weighted by atomic mass is 35.5. The van der Waals surface area contributed by atoms with Crippen LogP contribution in [0.1, 0.15) is 43.7 Å².